The van der Waals surface area contributed by atoms with Crippen LogP contribution in [0, 0.1) is 0 Å². The average molecular weight is 290 g/mol. The minimum absolute atomic E-state index is 0.341. The maximum Gasteiger partial charge on any atom is 0.229 e. The largest absolute Gasteiger partial charge is 0.485 e. The first kappa shape index (κ1) is 13.9. The second-order valence-electron chi connectivity index (χ2n) is 5.06. The lowest BCUT2D eigenvalue weighted by atomic mass is 10.1. The van der Waals surface area contributed by atoms with Gasteiger partial charge in [0, 0.05) is 0 Å². The van der Waals surface area contributed by atoms with Crippen molar-refractivity contribution in [3.05, 3.63) is 36.0 Å². The maximum atomic E-state index is 9.77. The number of aliphatic hydroxyl groups is 1. The number of ether oxygens (including phenoxy) is 2. The van der Waals surface area contributed by atoms with Gasteiger partial charge in [0.05, 0.1) is 12.5 Å². The van der Waals surface area contributed by atoms with Gasteiger partial charge in [-0.05, 0) is 18.6 Å². The monoisotopic (exact) mass is 290 g/mol. The Kier molecular flexibility index (Phi) is 4.06. The SMILES string of the molecule is CCCC(O)Cc1nc(C2COc3ccccc3O2)no1. The zero-order valence-corrected chi connectivity index (χ0v) is 11.9. The van der Waals surface area contributed by atoms with Gasteiger partial charge in [0.25, 0.3) is 0 Å². The average Bonchev–Trinajstić information content (AvgIpc) is 2.95. The predicted molar refractivity (Wildman–Crippen MR) is 74.2 cm³/mol. The summed E-state index contributed by atoms with van der Waals surface area (Å²) in [5.74, 6) is 2.26. The van der Waals surface area contributed by atoms with E-state index in [0.717, 1.165) is 12.2 Å². The van der Waals surface area contributed by atoms with Gasteiger partial charge in [-0.3, -0.25) is 0 Å². The molecule has 0 amide bonds. The smallest absolute Gasteiger partial charge is 0.229 e. The molecule has 1 aliphatic rings. The summed E-state index contributed by atoms with van der Waals surface area (Å²) in [6, 6.07) is 7.47. The van der Waals surface area contributed by atoms with E-state index in [1.165, 1.54) is 0 Å². The fourth-order valence-corrected chi connectivity index (χ4v) is 2.27. The topological polar surface area (TPSA) is 77.6 Å². The molecule has 0 saturated heterocycles. The number of aromatic nitrogens is 2. The van der Waals surface area contributed by atoms with Crippen LogP contribution in [0.25, 0.3) is 0 Å². The molecule has 6 heteroatoms. The Morgan fingerprint density at radius 2 is 2.14 bits per heavy atom. The number of hydrogen-bond acceptors (Lipinski definition) is 6. The Bertz CT molecular complexity index is 599. The van der Waals surface area contributed by atoms with E-state index in [4.69, 9.17) is 14.0 Å². The Morgan fingerprint density at radius 3 is 2.95 bits per heavy atom. The van der Waals surface area contributed by atoms with Crippen LogP contribution in [-0.2, 0) is 6.42 Å². The molecular weight excluding hydrogens is 272 g/mol. The normalized spacial score (nSPS) is 18.5. The van der Waals surface area contributed by atoms with E-state index in [9.17, 15) is 5.11 Å². The summed E-state index contributed by atoms with van der Waals surface area (Å²) < 4.78 is 16.6. The van der Waals surface area contributed by atoms with Crippen LogP contribution in [0.1, 0.15) is 37.6 Å². The second-order valence-corrected chi connectivity index (χ2v) is 5.06. The lowest BCUT2D eigenvalue weighted by Gasteiger charge is -2.24. The molecule has 6 nitrogen and oxygen atoms in total. The van der Waals surface area contributed by atoms with Gasteiger partial charge in [0.15, 0.2) is 17.6 Å². The molecule has 1 N–H and O–H groups in total. The van der Waals surface area contributed by atoms with E-state index in [1.807, 2.05) is 31.2 Å². The number of fused-ring (bicyclic) bond motifs is 1. The number of rotatable bonds is 5. The lowest BCUT2D eigenvalue weighted by molar-refractivity contribution is 0.0832. The molecular formula is C15H18N2O4. The highest BCUT2D eigenvalue weighted by molar-refractivity contribution is 5.40. The number of aliphatic hydroxyl groups excluding tert-OH is 1. The summed E-state index contributed by atoms with van der Waals surface area (Å²) in [6.07, 6.45) is 1.16. The molecule has 2 atom stereocenters. The zero-order valence-electron chi connectivity index (χ0n) is 11.9. The van der Waals surface area contributed by atoms with Crippen LogP contribution in [0.15, 0.2) is 28.8 Å². The number of para-hydroxylation sites is 2. The quantitative estimate of drug-likeness (QED) is 0.910. The zero-order chi connectivity index (χ0) is 14.7. The maximum absolute atomic E-state index is 9.77. The third-order valence-electron chi connectivity index (χ3n) is 3.31. The van der Waals surface area contributed by atoms with Gasteiger partial charge < -0.3 is 19.1 Å². The summed E-state index contributed by atoms with van der Waals surface area (Å²) in [7, 11) is 0. The first-order valence-electron chi connectivity index (χ1n) is 7.15. The van der Waals surface area contributed by atoms with Crippen LogP contribution >= 0.6 is 0 Å². The van der Waals surface area contributed by atoms with Crippen LogP contribution in [-0.4, -0.2) is 28.0 Å². The summed E-state index contributed by atoms with van der Waals surface area (Å²) in [5, 5.41) is 13.7. The van der Waals surface area contributed by atoms with Gasteiger partial charge in [-0.25, -0.2) is 0 Å². The van der Waals surface area contributed by atoms with Gasteiger partial charge >= 0.3 is 0 Å². The van der Waals surface area contributed by atoms with Gasteiger partial charge in [-0.15, -0.1) is 0 Å². The predicted octanol–water partition coefficient (Wildman–Crippen LogP) is 2.29. The Labute approximate surface area is 122 Å². The van der Waals surface area contributed by atoms with Crippen LogP contribution in [0.4, 0.5) is 0 Å². The molecule has 2 aromatic rings. The first-order chi connectivity index (χ1) is 10.3. The Morgan fingerprint density at radius 1 is 1.33 bits per heavy atom. The number of hydrogen-bond donors (Lipinski definition) is 1. The highest BCUT2D eigenvalue weighted by Gasteiger charge is 2.27. The fraction of sp³-hybridized carbons (Fsp3) is 0.467. The van der Waals surface area contributed by atoms with Gasteiger partial charge in [-0.1, -0.05) is 30.6 Å². The van der Waals surface area contributed by atoms with E-state index in [0.29, 0.717) is 36.9 Å². The number of benzene rings is 1. The minimum atomic E-state index is -0.451. The molecule has 0 aliphatic carbocycles. The first-order valence-corrected chi connectivity index (χ1v) is 7.15. The van der Waals surface area contributed by atoms with Crippen molar-refractivity contribution in [1.82, 2.24) is 10.1 Å². The third-order valence-corrected chi connectivity index (χ3v) is 3.31. The van der Waals surface area contributed by atoms with Gasteiger partial charge in [-0.2, -0.15) is 4.98 Å². The van der Waals surface area contributed by atoms with Gasteiger partial charge in [0.2, 0.25) is 11.7 Å². The van der Waals surface area contributed by atoms with E-state index < -0.39 is 6.10 Å². The summed E-state index contributed by atoms with van der Waals surface area (Å²) in [5.41, 5.74) is 0. The van der Waals surface area contributed by atoms with Crippen molar-refractivity contribution in [3.63, 3.8) is 0 Å². The molecule has 1 aromatic carbocycles. The highest BCUT2D eigenvalue weighted by Crippen LogP contribution is 2.35. The Balaban J connectivity index is 1.67. The Hall–Kier alpha value is -2.08. The van der Waals surface area contributed by atoms with Crippen molar-refractivity contribution in [2.75, 3.05) is 6.61 Å². The highest BCUT2D eigenvalue weighted by atomic mass is 16.6. The molecule has 0 saturated carbocycles. The molecule has 0 radical (unpaired) electrons. The molecule has 21 heavy (non-hydrogen) atoms. The van der Waals surface area contributed by atoms with Gasteiger partial charge in [0.1, 0.15) is 6.61 Å². The molecule has 112 valence electrons. The van der Waals surface area contributed by atoms with Crippen molar-refractivity contribution >= 4 is 0 Å². The molecule has 1 aromatic heterocycles. The molecule has 0 spiro atoms. The summed E-state index contributed by atoms with van der Waals surface area (Å²) in [4.78, 5) is 4.29. The molecule has 2 heterocycles. The van der Waals surface area contributed by atoms with E-state index in [-0.39, 0.29) is 6.10 Å². The third kappa shape index (κ3) is 3.16. The van der Waals surface area contributed by atoms with Crippen LogP contribution < -0.4 is 9.47 Å². The van der Waals surface area contributed by atoms with E-state index in [2.05, 4.69) is 10.1 Å². The minimum Gasteiger partial charge on any atom is -0.485 e. The molecule has 1 aliphatic heterocycles. The molecule has 0 fully saturated rings. The van der Waals surface area contributed by atoms with E-state index in [1.54, 1.807) is 0 Å². The van der Waals surface area contributed by atoms with Crippen LogP contribution in [0.2, 0.25) is 0 Å². The van der Waals surface area contributed by atoms with Crippen molar-refractivity contribution in [2.45, 2.75) is 38.4 Å². The molecule has 2 unspecified atom stereocenters. The van der Waals surface area contributed by atoms with E-state index >= 15 is 0 Å². The van der Waals surface area contributed by atoms with Crippen molar-refractivity contribution in [2.24, 2.45) is 0 Å². The van der Waals surface area contributed by atoms with Crippen LogP contribution in [0.5, 0.6) is 11.5 Å². The standard InChI is InChI=1S/C15H18N2O4/c1-2-5-10(18)8-14-16-15(17-21-14)13-9-19-11-6-3-4-7-12(11)20-13/h3-4,6-7,10,13,18H,2,5,8-9H2,1H3. The van der Waals surface area contributed by atoms with Crippen molar-refractivity contribution < 1.29 is 19.1 Å². The van der Waals surface area contributed by atoms with Crippen molar-refractivity contribution in [3.8, 4) is 11.5 Å². The lowest BCUT2D eigenvalue weighted by Crippen LogP contribution is -2.22. The molecule has 3 rings (SSSR count). The van der Waals surface area contributed by atoms with Crippen molar-refractivity contribution in [1.29, 1.82) is 0 Å². The molecule has 0 bridgehead atoms. The second kappa shape index (κ2) is 6.13. The summed E-state index contributed by atoms with van der Waals surface area (Å²) in [6.45, 7) is 2.36. The number of nitrogens with zero attached hydrogens (tertiary/aromatic N) is 2. The summed E-state index contributed by atoms with van der Waals surface area (Å²) >= 11 is 0. The fourth-order valence-electron chi connectivity index (χ4n) is 2.27. The van der Waals surface area contributed by atoms with Crippen LogP contribution in [0.3, 0.4) is 0 Å².